The molecular formula is C15H15F3O3. The van der Waals surface area contributed by atoms with Crippen molar-refractivity contribution in [3.63, 3.8) is 0 Å². The third kappa shape index (κ3) is 4.24. The Labute approximate surface area is 120 Å². The number of rotatable bonds is 5. The van der Waals surface area contributed by atoms with Crippen molar-refractivity contribution in [1.82, 2.24) is 0 Å². The van der Waals surface area contributed by atoms with Crippen molar-refractivity contribution in [3.05, 3.63) is 35.4 Å². The SMILES string of the molecule is O=C(O)C=Cc1ccc(OCC2CCC2)c(C(F)(F)F)c1. The second-order valence-corrected chi connectivity index (χ2v) is 5.03. The zero-order valence-corrected chi connectivity index (χ0v) is 11.2. The highest BCUT2D eigenvalue weighted by Crippen LogP contribution is 2.38. The molecule has 0 aliphatic heterocycles. The summed E-state index contributed by atoms with van der Waals surface area (Å²) in [6, 6.07) is 3.54. The lowest BCUT2D eigenvalue weighted by molar-refractivity contribution is -0.139. The van der Waals surface area contributed by atoms with E-state index in [-0.39, 0.29) is 17.9 Å². The number of carboxylic acid groups (broad SMARTS) is 1. The zero-order valence-electron chi connectivity index (χ0n) is 11.2. The van der Waals surface area contributed by atoms with Gasteiger partial charge in [0.25, 0.3) is 0 Å². The molecule has 6 heteroatoms. The molecule has 0 unspecified atom stereocenters. The highest BCUT2D eigenvalue weighted by Gasteiger charge is 2.35. The average molecular weight is 300 g/mol. The first kappa shape index (κ1) is 15.4. The van der Waals surface area contributed by atoms with E-state index >= 15 is 0 Å². The second-order valence-electron chi connectivity index (χ2n) is 5.03. The van der Waals surface area contributed by atoms with Crippen molar-refractivity contribution < 1.29 is 27.8 Å². The Bertz CT molecular complexity index is 546. The van der Waals surface area contributed by atoms with Gasteiger partial charge in [-0.05, 0) is 42.5 Å². The van der Waals surface area contributed by atoms with Gasteiger partial charge < -0.3 is 9.84 Å². The smallest absolute Gasteiger partial charge is 0.419 e. The summed E-state index contributed by atoms with van der Waals surface area (Å²) in [6.45, 7) is 0.285. The molecule has 0 radical (unpaired) electrons. The van der Waals surface area contributed by atoms with Gasteiger partial charge in [-0.1, -0.05) is 12.5 Å². The first-order valence-electron chi connectivity index (χ1n) is 6.61. The summed E-state index contributed by atoms with van der Waals surface area (Å²) in [6.07, 6.45) is 0.445. The number of carboxylic acids is 1. The molecule has 0 bridgehead atoms. The van der Waals surface area contributed by atoms with Gasteiger partial charge in [-0.15, -0.1) is 0 Å². The molecule has 21 heavy (non-hydrogen) atoms. The molecule has 0 amide bonds. The monoisotopic (exact) mass is 300 g/mol. The summed E-state index contributed by atoms with van der Waals surface area (Å²) >= 11 is 0. The molecular weight excluding hydrogens is 285 g/mol. The van der Waals surface area contributed by atoms with Gasteiger partial charge in [0.2, 0.25) is 0 Å². The summed E-state index contributed by atoms with van der Waals surface area (Å²) in [5.74, 6) is -1.09. The predicted molar refractivity (Wildman–Crippen MR) is 70.9 cm³/mol. The van der Waals surface area contributed by atoms with Crippen LogP contribution in [-0.4, -0.2) is 17.7 Å². The minimum absolute atomic E-state index is 0.167. The van der Waals surface area contributed by atoms with E-state index in [1.165, 1.54) is 12.1 Å². The van der Waals surface area contributed by atoms with Crippen LogP contribution < -0.4 is 4.74 Å². The van der Waals surface area contributed by atoms with Gasteiger partial charge >= 0.3 is 12.1 Å². The normalized spacial score (nSPS) is 16.0. The number of benzene rings is 1. The molecule has 0 atom stereocenters. The minimum Gasteiger partial charge on any atom is -0.493 e. The molecule has 114 valence electrons. The van der Waals surface area contributed by atoms with Gasteiger partial charge in [0.05, 0.1) is 12.2 Å². The van der Waals surface area contributed by atoms with Gasteiger partial charge in [-0.3, -0.25) is 0 Å². The van der Waals surface area contributed by atoms with Gasteiger partial charge in [0.15, 0.2) is 0 Å². The van der Waals surface area contributed by atoms with Gasteiger partial charge in [0.1, 0.15) is 5.75 Å². The summed E-state index contributed by atoms with van der Waals surface area (Å²) in [5.41, 5.74) is -0.713. The molecule has 1 aromatic carbocycles. The quantitative estimate of drug-likeness (QED) is 0.837. The molecule has 2 rings (SSSR count). The number of carbonyl (C=O) groups is 1. The second kappa shape index (κ2) is 6.20. The van der Waals surface area contributed by atoms with Crippen molar-refractivity contribution >= 4 is 12.0 Å². The summed E-state index contributed by atoms with van der Waals surface area (Å²) in [7, 11) is 0. The molecule has 0 heterocycles. The number of hydrogen-bond donors (Lipinski definition) is 1. The number of alkyl halides is 3. The van der Waals surface area contributed by atoms with Crippen LogP contribution in [0.5, 0.6) is 5.75 Å². The number of aliphatic carboxylic acids is 1. The molecule has 3 nitrogen and oxygen atoms in total. The van der Waals surface area contributed by atoms with Crippen molar-refractivity contribution in [1.29, 1.82) is 0 Å². The lowest BCUT2D eigenvalue weighted by Crippen LogP contribution is -2.20. The summed E-state index contributed by atoms with van der Waals surface area (Å²) in [4.78, 5) is 10.4. The Kier molecular flexibility index (Phi) is 4.55. The minimum atomic E-state index is -4.54. The molecule has 1 fully saturated rings. The zero-order chi connectivity index (χ0) is 15.5. The van der Waals surface area contributed by atoms with E-state index in [1.54, 1.807) is 0 Å². The first-order valence-corrected chi connectivity index (χ1v) is 6.61. The van der Waals surface area contributed by atoms with Crippen molar-refractivity contribution in [2.75, 3.05) is 6.61 Å². The van der Waals surface area contributed by atoms with Crippen LogP contribution in [-0.2, 0) is 11.0 Å². The maximum absolute atomic E-state index is 13.0. The number of hydrogen-bond acceptors (Lipinski definition) is 2. The molecule has 1 aliphatic carbocycles. The van der Waals surface area contributed by atoms with Crippen LogP contribution in [0.3, 0.4) is 0 Å². The number of ether oxygens (including phenoxy) is 1. The van der Waals surface area contributed by atoms with Crippen LogP contribution in [0.25, 0.3) is 6.08 Å². The highest BCUT2D eigenvalue weighted by molar-refractivity contribution is 5.85. The Morgan fingerprint density at radius 3 is 2.62 bits per heavy atom. The Morgan fingerprint density at radius 2 is 2.10 bits per heavy atom. The third-order valence-corrected chi connectivity index (χ3v) is 3.43. The lowest BCUT2D eigenvalue weighted by atomic mass is 9.86. The van der Waals surface area contributed by atoms with Crippen LogP contribution in [0.2, 0.25) is 0 Å². The lowest BCUT2D eigenvalue weighted by Gasteiger charge is -2.26. The van der Waals surface area contributed by atoms with E-state index in [9.17, 15) is 18.0 Å². The standard InChI is InChI=1S/C15H15F3O3/c16-15(17,18)12-8-10(5-7-14(19)20)4-6-13(12)21-9-11-2-1-3-11/h4-8,11H,1-3,9H2,(H,19,20). The third-order valence-electron chi connectivity index (χ3n) is 3.43. The molecule has 1 aliphatic rings. The van der Waals surface area contributed by atoms with Crippen LogP contribution in [0, 0.1) is 5.92 Å². The topological polar surface area (TPSA) is 46.5 Å². The van der Waals surface area contributed by atoms with E-state index < -0.39 is 17.7 Å². The van der Waals surface area contributed by atoms with E-state index in [2.05, 4.69) is 0 Å². The first-order chi connectivity index (χ1) is 9.86. The summed E-state index contributed by atoms with van der Waals surface area (Å²) < 4.78 is 44.4. The fourth-order valence-corrected chi connectivity index (χ4v) is 2.03. The van der Waals surface area contributed by atoms with Gasteiger partial charge in [-0.2, -0.15) is 13.2 Å². The van der Waals surface area contributed by atoms with E-state index in [0.29, 0.717) is 5.92 Å². The van der Waals surface area contributed by atoms with Crippen LogP contribution in [0.4, 0.5) is 13.2 Å². The molecule has 1 aromatic rings. The molecule has 1 N–H and O–H groups in total. The van der Waals surface area contributed by atoms with Crippen LogP contribution >= 0.6 is 0 Å². The van der Waals surface area contributed by atoms with Gasteiger partial charge in [0, 0.05) is 6.08 Å². The fourth-order valence-electron chi connectivity index (χ4n) is 2.03. The molecule has 1 saturated carbocycles. The molecule has 0 saturated heterocycles. The Morgan fingerprint density at radius 1 is 1.38 bits per heavy atom. The van der Waals surface area contributed by atoms with E-state index in [1.807, 2.05) is 0 Å². The maximum Gasteiger partial charge on any atom is 0.419 e. The van der Waals surface area contributed by atoms with E-state index in [0.717, 1.165) is 37.5 Å². The van der Waals surface area contributed by atoms with Crippen molar-refractivity contribution in [2.24, 2.45) is 5.92 Å². The van der Waals surface area contributed by atoms with Crippen LogP contribution in [0.1, 0.15) is 30.4 Å². The molecule has 0 spiro atoms. The average Bonchev–Trinajstić information content (AvgIpc) is 2.34. The number of halogens is 3. The maximum atomic E-state index is 13.0. The van der Waals surface area contributed by atoms with E-state index in [4.69, 9.17) is 9.84 Å². The predicted octanol–water partition coefficient (Wildman–Crippen LogP) is 3.98. The van der Waals surface area contributed by atoms with Crippen LogP contribution in [0.15, 0.2) is 24.3 Å². The summed E-state index contributed by atoms with van der Waals surface area (Å²) in [5, 5.41) is 8.50. The fraction of sp³-hybridized carbons (Fsp3) is 0.400. The van der Waals surface area contributed by atoms with Gasteiger partial charge in [-0.25, -0.2) is 4.79 Å². The van der Waals surface area contributed by atoms with Crippen molar-refractivity contribution in [2.45, 2.75) is 25.4 Å². The largest absolute Gasteiger partial charge is 0.493 e. The Hall–Kier alpha value is -1.98. The Balaban J connectivity index is 2.20. The molecule has 0 aromatic heterocycles. The van der Waals surface area contributed by atoms with Crippen molar-refractivity contribution in [3.8, 4) is 5.75 Å². The highest BCUT2D eigenvalue weighted by atomic mass is 19.4.